The van der Waals surface area contributed by atoms with E-state index >= 15 is 0 Å². The summed E-state index contributed by atoms with van der Waals surface area (Å²) < 4.78 is 5.25. The van der Waals surface area contributed by atoms with Crippen molar-refractivity contribution in [3.63, 3.8) is 0 Å². The molecule has 1 aromatic carbocycles. The van der Waals surface area contributed by atoms with E-state index in [-0.39, 0.29) is 0 Å². The molecule has 70 valence electrons. The minimum absolute atomic E-state index is 0.650. The molecule has 0 bridgehead atoms. The fourth-order valence-corrected chi connectivity index (χ4v) is 1.39. The van der Waals surface area contributed by atoms with E-state index in [0.717, 1.165) is 11.8 Å². The first kappa shape index (κ1) is 9.93. The Balaban J connectivity index is 3.08. The summed E-state index contributed by atoms with van der Waals surface area (Å²) in [5, 5.41) is 0. The smallest absolute Gasteiger partial charge is 0.156 e. The maximum absolute atomic E-state index is 11.0. The second kappa shape index (κ2) is 4.19. The molecule has 1 rings (SSSR count). The Bertz CT molecular complexity index is 263. The largest absolute Gasteiger partial charge is 0.366 e. The summed E-state index contributed by atoms with van der Waals surface area (Å²) in [7, 11) is 1.56. The molecule has 0 aliphatic carbocycles. The third-order valence-corrected chi connectivity index (χ3v) is 2.34. The highest BCUT2D eigenvalue weighted by molar-refractivity contribution is 5.66. The van der Waals surface area contributed by atoms with Gasteiger partial charge in [0.15, 0.2) is 6.29 Å². The van der Waals surface area contributed by atoms with Crippen molar-refractivity contribution in [1.29, 1.82) is 0 Å². The van der Waals surface area contributed by atoms with Crippen LogP contribution in [0.3, 0.4) is 0 Å². The topological polar surface area (TPSA) is 26.3 Å². The number of carbonyl (C=O) groups excluding carboxylic acids is 1. The number of ether oxygens (including phenoxy) is 1. The maximum Gasteiger partial charge on any atom is 0.156 e. The molecule has 0 aromatic heterocycles. The van der Waals surface area contributed by atoms with Gasteiger partial charge in [-0.2, -0.15) is 0 Å². The number of benzene rings is 1. The second-order valence-electron chi connectivity index (χ2n) is 2.93. The number of aldehydes is 1. The average Bonchev–Trinajstić information content (AvgIpc) is 2.23. The second-order valence-corrected chi connectivity index (χ2v) is 2.93. The molecule has 1 aromatic rings. The molecule has 0 amide bonds. The average molecular weight is 178 g/mol. The van der Waals surface area contributed by atoms with Crippen molar-refractivity contribution >= 4 is 6.29 Å². The highest BCUT2D eigenvalue weighted by Crippen LogP contribution is 2.25. The Kier molecular flexibility index (Phi) is 3.20. The SMILES string of the molecule is CCC(C=O)(OC)c1ccccc1. The molecule has 1 unspecified atom stereocenters. The van der Waals surface area contributed by atoms with Gasteiger partial charge < -0.3 is 4.74 Å². The van der Waals surface area contributed by atoms with E-state index in [2.05, 4.69) is 0 Å². The Morgan fingerprint density at radius 2 is 2.00 bits per heavy atom. The zero-order valence-electron chi connectivity index (χ0n) is 7.99. The summed E-state index contributed by atoms with van der Waals surface area (Å²) in [6.45, 7) is 1.94. The van der Waals surface area contributed by atoms with Crippen molar-refractivity contribution in [2.75, 3.05) is 7.11 Å². The zero-order valence-corrected chi connectivity index (χ0v) is 7.99. The highest BCUT2D eigenvalue weighted by atomic mass is 16.5. The molecule has 2 heteroatoms. The van der Waals surface area contributed by atoms with Crippen LogP contribution in [0.5, 0.6) is 0 Å². The molecule has 0 spiro atoms. The van der Waals surface area contributed by atoms with Crippen LogP contribution < -0.4 is 0 Å². The van der Waals surface area contributed by atoms with Crippen molar-refractivity contribution in [2.45, 2.75) is 18.9 Å². The molecule has 0 aliphatic heterocycles. The van der Waals surface area contributed by atoms with Gasteiger partial charge in [-0.3, -0.25) is 4.79 Å². The molecule has 0 N–H and O–H groups in total. The molecule has 0 radical (unpaired) electrons. The lowest BCUT2D eigenvalue weighted by Crippen LogP contribution is -2.29. The molecule has 1 atom stereocenters. The van der Waals surface area contributed by atoms with Crippen molar-refractivity contribution in [1.82, 2.24) is 0 Å². The maximum atomic E-state index is 11.0. The number of rotatable bonds is 4. The number of hydrogen-bond donors (Lipinski definition) is 0. The summed E-state index contributed by atoms with van der Waals surface area (Å²) in [6, 6.07) is 9.54. The van der Waals surface area contributed by atoms with E-state index in [1.807, 2.05) is 37.3 Å². The molecule has 0 aliphatic rings. The van der Waals surface area contributed by atoms with Crippen molar-refractivity contribution in [3.05, 3.63) is 35.9 Å². The van der Waals surface area contributed by atoms with Gasteiger partial charge in [0.1, 0.15) is 5.60 Å². The quantitative estimate of drug-likeness (QED) is 0.660. The van der Waals surface area contributed by atoms with Crippen LogP contribution in [-0.4, -0.2) is 13.4 Å². The molecule has 0 fully saturated rings. The Labute approximate surface area is 78.5 Å². The fourth-order valence-electron chi connectivity index (χ4n) is 1.39. The zero-order chi connectivity index (χ0) is 9.73. The van der Waals surface area contributed by atoms with Gasteiger partial charge in [0.25, 0.3) is 0 Å². The van der Waals surface area contributed by atoms with E-state index in [9.17, 15) is 4.79 Å². The molecular weight excluding hydrogens is 164 g/mol. The summed E-state index contributed by atoms with van der Waals surface area (Å²) in [6.07, 6.45) is 1.51. The van der Waals surface area contributed by atoms with Gasteiger partial charge in [-0.25, -0.2) is 0 Å². The van der Waals surface area contributed by atoms with Gasteiger partial charge >= 0.3 is 0 Å². The van der Waals surface area contributed by atoms with Crippen LogP contribution in [0.25, 0.3) is 0 Å². The van der Waals surface area contributed by atoms with Crippen molar-refractivity contribution < 1.29 is 9.53 Å². The lowest BCUT2D eigenvalue weighted by molar-refractivity contribution is -0.129. The fraction of sp³-hybridized carbons (Fsp3) is 0.364. The van der Waals surface area contributed by atoms with Crippen molar-refractivity contribution in [2.24, 2.45) is 0 Å². The molecule has 2 nitrogen and oxygen atoms in total. The monoisotopic (exact) mass is 178 g/mol. The van der Waals surface area contributed by atoms with E-state index in [4.69, 9.17) is 4.74 Å². The lowest BCUT2D eigenvalue weighted by Gasteiger charge is -2.25. The molecule has 0 saturated carbocycles. The summed E-state index contributed by atoms with van der Waals surface area (Å²) >= 11 is 0. The lowest BCUT2D eigenvalue weighted by atomic mass is 9.92. The number of methoxy groups -OCH3 is 1. The third kappa shape index (κ3) is 1.78. The number of carbonyl (C=O) groups is 1. The van der Waals surface area contributed by atoms with E-state index in [1.54, 1.807) is 7.11 Å². The Morgan fingerprint density at radius 1 is 1.38 bits per heavy atom. The van der Waals surface area contributed by atoms with Crippen LogP contribution in [0.15, 0.2) is 30.3 Å². The minimum atomic E-state index is -0.763. The van der Waals surface area contributed by atoms with Crippen LogP contribution >= 0.6 is 0 Å². The van der Waals surface area contributed by atoms with Crippen LogP contribution in [0.2, 0.25) is 0 Å². The summed E-state index contributed by atoms with van der Waals surface area (Å²) in [5.74, 6) is 0. The van der Waals surface area contributed by atoms with Crippen molar-refractivity contribution in [3.8, 4) is 0 Å². The van der Waals surface area contributed by atoms with E-state index < -0.39 is 5.60 Å². The van der Waals surface area contributed by atoms with Crippen LogP contribution in [0, 0.1) is 0 Å². The van der Waals surface area contributed by atoms with Crippen LogP contribution in [0.4, 0.5) is 0 Å². The molecular formula is C11H14O2. The minimum Gasteiger partial charge on any atom is -0.366 e. The summed E-state index contributed by atoms with van der Waals surface area (Å²) in [4.78, 5) is 11.0. The van der Waals surface area contributed by atoms with Gasteiger partial charge in [-0.15, -0.1) is 0 Å². The normalized spacial score (nSPS) is 14.9. The van der Waals surface area contributed by atoms with E-state index in [0.29, 0.717) is 6.42 Å². The Hall–Kier alpha value is -1.15. The summed E-state index contributed by atoms with van der Waals surface area (Å²) in [5.41, 5.74) is 0.149. The molecule has 13 heavy (non-hydrogen) atoms. The Morgan fingerprint density at radius 3 is 2.38 bits per heavy atom. The number of hydrogen-bond acceptors (Lipinski definition) is 2. The van der Waals surface area contributed by atoms with Gasteiger partial charge in [-0.05, 0) is 12.0 Å². The standard InChI is InChI=1S/C11H14O2/c1-3-11(9-12,13-2)10-7-5-4-6-8-10/h4-9H,3H2,1-2H3. The van der Waals surface area contributed by atoms with Crippen LogP contribution in [0.1, 0.15) is 18.9 Å². The van der Waals surface area contributed by atoms with E-state index in [1.165, 1.54) is 0 Å². The first-order valence-corrected chi connectivity index (χ1v) is 4.36. The third-order valence-electron chi connectivity index (χ3n) is 2.34. The van der Waals surface area contributed by atoms with Crippen LogP contribution in [-0.2, 0) is 15.1 Å². The van der Waals surface area contributed by atoms with Gasteiger partial charge in [0, 0.05) is 7.11 Å². The first-order chi connectivity index (χ1) is 6.29. The van der Waals surface area contributed by atoms with Gasteiger partial charge in [0.2, 0.25) is 0 Å². The molecule has 0 heterocycles. The van der Waals surface area contributed by atoms with Gasteiger partial charge in [0.05, 0.1) is 0 Å². The molecule has 0 saturated heterocycles. The van der Waals surface area contributed by atoms with Gasteiger partial charge in [-0.1, -0.05) is 37.3 Å². The first-order valence-electron chi connectivity index (χ1n) is 4.36. The highest BCUT2D eigenvalue weighted by Gasteiger charge is 2.28. The predicted molar refractivity (Wildman–Crippen MR) is 51.5 cm³/mol. The predicted octanol–water partition coefficient (Wildman–Crippen LogP) is 2.14.